The van der Waals surface area contributed by atoms with Gasteiger partial charge in [0.05, 0.1) is 11.3 Å². The molecule has 3 heterocycles. The molecule has 7 heteroatoms. The van der Waals surface area contributed by atoms with Crippen LogP contribution >= 0.6 is 11.3 Å². The maximum absolute atomic E-state index is 13.2. The minimum absolute atomic E-state index is 0.420. The Morgan fingerprint density at radius 1 is 1.19 bits per heavy atom. The van der Waals surface area contributed by atoms with Crippen molar-refractivity contribution in [3.63, 3.8) is 0 Å². The summed E-state index contributed by atoms with van der Waals surface area (Å²) in [5, 5.41) is 18.8. The third-order valence-corrected chi connectivity index (χ3v) is 5.59. The Balaban J connectivity index is 1.66. The Bertz CT molecular complexity index is 926. The molecule has 0 spiro atoms. The van der Waals surface area contributed by atoms with Gasteiger partial charge in [0.1, 0.15) is 16.6 Å². The van der Waals surface area contributed by atoms with E-state index in [4.69, 9.17) is 0 Å². The molecule has 0 radical (unpaired) electrons. The first-order valence-electron chi connectivity index (χ1n) is 8.42. The molecule has 4 rings (SSSR count). The second-order valence-electron chi connectivity index (χ2n) is 6.22. The van der Waals surface area contributed by atoms with Gasteiger partial charge < -0.3 is 4.90 Å². The van der Waals surface area contributed by atoms with Crippen LogP contribution in [0.15, 0.2) is 42.0 Å². The van der Waals surface area contributed by atoms with Gasteiger partial charge in [0.2, 0.25) is 5.95 Å². The first-order chi connectivity index (χ1) is 12.8. The highest BCUT2D eigenvalue weighted by atomic mass is 32.1. The number of nitriles is 1. The van der Waals surface area contributed by atoms with E-state index in [2.05, 4.69) is 26.2 Å². The molecule has 0 atom stereocenters. The monoisotopic (exact) mass is 365 g/mol. The zero-order valence-electron chi connectivity index (χ0n) is 14.0. The summed E-state index contributed by atoms with van der Waals surface area (Å²) in [6.45, 7) is 1.68. The molecular weight excluding hydrogens is 349 g/mol. The molecule has 1 saturated heterocycles. The molecular formula is C19H16FN5S. The van der Waals surface area contributed by atoms with Crippen LogP contribution in [0.1, 0.15) is 29.3 Å². The lowest BCUT2D eigenvalue weighted by molar-refractivity contribution is 0.501. The predicted octanol–water partition coefficient (Wildman–Crippen LogP) is 3.99. The van der Waals surface area contributed by atoms with Crippen molar-refractivity contribution < 1.29 is 4.39 Å². The van der Waals surface area contributed by atoms with Gasteiger partial charge in [-0.2, -0.15) is 9.65 Å². The van der Waals surface area contributed by atoms with E-state index in [9.17, 15) is 9.65 Å². The number of para-hydroxylation sites is 1. The lowest BCUT2D eigenvalue weighted by Gasteiger charge is -2.34. The number of benzene rings is 1. The topological polar surface area (TPSA) is 65.7 Å². The quantitative estimate of drug-likeness (QED) is 0.657. The molecule has 3 aromatic rings. The third-order valence-electron chi connectivity index (χ3n) is 4.73. The van der Waals surface area contributed by atoms with Crippen LogP contribution in [0, 0.1) is 17.3 Å². The zero-order valence-corrected chi connectivity index (χ0v) is 14.8. The molecule has 0 N–H and O–H groups in total. The minimum Gasteiger partial charge on any atom is -0.370 e. The number of rotatable bonds is 3. The van der Waals surface area contributed by atoms with Crippen LogP contribution in [0.5, 0.6) is 0 Å². The first-order valence-corrected chi connectivity index (χ1v) is 9.30. The van der Waals surface area contributed by atoms with E-state index in [-0.39, 0.29) is 0 Å². The second kappa shape index (κ2) is 7.18. The molecule has 130 valence electrons. The number of pyridine rings is 1. The number of anilines is 1. The maximum atomic E-state index is 13.2. The molecule has 0 bridgehead atoms. The van der Waals surface area contributed by atoms with Crippen molar-refractivity contribution in [2.24, 2.45) is 0 Å². The average molecular weight is 365 g/mol. The summed E-state index contributed by atoms with van der Waals surface area (Å²) >= 11 is 1.60. The van der Waals surface area contributed by atoms with Crippen LogP contribution in [0.2, 0.25) is 0 Å². The maximum Gasteiger partial charge on any atom is 0.212 e. The molecule has 1 aliphatic rings. The van der Waals surface area contributed by atoms with Crippen molar-refractivity contribution >= 4 is 17.0 Å². The summed E-state index contributed by atoms with van der Waals surface area (Å²) in [4.78, 5) is 6.01. The fourth-order valence-corrected chi connectivity index (χ4v) is 4.18. The van der Waals surface area contributed by atoms with Gasteiger partial charge in [0.15, 0.2) is 0 Å². The fourth-order valence-electron chi connectivity index (χ4n) is 3.45. The minimum atomic E-state index is -0.510. The SMILES string of the molecule is N#Cc1cccc(-c2ccc(F)nc2)c1N1CCC(c2nncs2)CC1. The molecule has 1 aromatic carbocycles. The number of piperidine rings is 1. The van der Waals surface area contributed by atoms with Gasteiger partial charge in [-0.25, -0.2) is 4.98 Å². The fraction of sp³-hybridized carbons (Fsp3) is 0.263. The summed E-state index contributed by atoms with van der Waals surface area (Å²) < 4.78 is 13.2. The molecule has 0 aliphatic carbocycles. The van der Waals surface area contributed by atoms with E-state index in [1.54, 1.807) is 22.9 Å². The van der Waals surface area contributed by atoms with Gasteiger partial charge in [-0.1, -0.05) is 12.1 Å². The molecule has 0 amide bonds. The number of hydrogen-bond acceptors (Lipinski definition) is 6. The van der Waals surface area contributed by atoms with Crippen LogP contribution in [-0.2, 0) is 0 Å². The Labute approximate surface area is 154 Å². The molecule has 0 unspecified atom stereocenters. The van der Waals surface area contributed by atoms with Gasteiger partial charge in [-0.05, 0) is 31.0 Å². The standard InChI is InChI=1S/C19H16FN5S/c20-17-5-4-15(11-22-17)16-3-1-2-14(10-21)18(16)25-8-6-13(7-9-25)19-24-23-12-26-19/h1-5,11-13H,6-9H2. The summed E-state index contributed by atoms with van der Waals surface area (Å²) in [7, 11) is 0. The van der Waals surface area contributed by atoms with E-state index < -0.39 is 5.95 Å². The van der Waals surface area contributed by atoms with Crippen molar-refractivity contribution in [2.45, 2.75) is 18.8 Å². The highest BCUT2D eigenvalue weighted by Gasteiger charge is 2.26. The number of hydrogen-bond donors (Lipinski definition) is 0. The molecule has 2 aromatic heterocycles. The van der Waals surface area contributed by atoms with Crippen molar-refractivity contribution in [2.75, 3.05) is 18.0 Å². The van der Waals surface area contributed by atoms with Crippen LogP contribution in [0.25, 0.3) is 11.1 Å². The summed E-state index contributed by atoms with van der Waals surface area (Å²) in [6.07, 6.45) is 3.45. The average Bonchev–Trinajstić information content (AvgIpc) is 3.23. The van der Waals surface area contributed by atoms with Crippen molar-refractivity contribution in [3.05, 3.63) is 58.6 Å². The lowest BCUT2D eigenvalue weighted by Crippen LogP contribution is -2.33. The third kappa shape index (κ3) is 3.16. The molecule has 5 nitrogen and oxygen atoms in total. The largest absolute Gasteiger partial charge is 0.370 e. The van der Waals surface area contributed by atoms with Crippen LogP contribution in [-0.4, -0.2) is 28.3 Å². The normalized spacial score (nSPS) is 15.0. The van der Waals surface area contributed by atoms with Crippen LogP contribution in [0.4, 0.5) is 10.1 Å². The van der Waals surface area contributed by atoms with E-state index in [0.29, 0.717) is 11.5 Å². The Morgan fingerprint density at radius 2 is 2.04 bits per heavy atom. The Hall–Kier alpha value is -2.85. The van der Waals surface area contributed by atoms with E-state index in [1.165, 1.54) is 12.3 Å². The molecule has 0 saturated carbocycles. The molecule has 26 heavy (non-hydrogen) atoms. The van der Waals surface area contributed by atoms with Crippen molar-refractivity contribution in [1.82, 2.24) is 15.2 Å². The van der Waals surface area contributed by atoms with Crippen LogP contribution < -0.4 is 4.90 Å². The summed E-state index contributed by atoms with van der Waals surface area (Å²) in [5.41, 5.74) is 5.02. The summed E-state index contributed by atoms with van der Waals surface area (Å²) in [5.74, 6) is -0.0893. The first kappa shape index (κ1) is 16.6. The second-order valence-corrected chi connectivity index (χ2v) is 7.09. The van der Waals surface area contributed by atoms with Gasteiger partial charge in [0.25, 0.3) is 0 Å². The van der Waals surface area contributed by atoms with Crippen LogP contribution in [0.3, 0.4) is 0 Å². The van der Waals surface area contributed by atoms with Gasteiger partial charge in [0, 0.05) is 36.3 Å². The molecule has 1 fully saturated rings. The molecule has 1 aliphatic heterocycles. The highest BCUT2D eigenvalue weighted by Crippen LogP contribution is 2.37. The van der Waals surface area contributed by atoms with Gasteiger partial charge in [-0.3, -0.25) is 0 Å². The highest BCUT2D eigenvalue weighted by molar-refractivity contribution is 7.09. The van der Waals surface area contributed by atoms with Gasteiger partial charge in [-0.15, -0.1) is 21.5 Å². The number of halogens is 1. The van der Waals surface area contributed by atoms with Gasteiger partial charge >= 0.3 is 0 Å². The van der Waals surface area contributed by atoms with E-state index in [0.717, 1.165) is 47.8 Å². The number of aromatic nitrogens is 3. The Morgan fingerprint density at radius 3 is 2.69 bits per heavy atom. The van der Waals surface area contributed by atoms with Crippen molar-refractivity contribution in [3.8, 4) is 17.2 Å². The summed E-state index contributed by atoms with van der Waals surface area (Å²) in [6, 6.07) is 11.0. The van der Waals surface area contributed by atoms with E-state index in [1.807, 2.05) is 18.2 Å². The zero-order chi connectivity index (χ0) is 17.9. The van der Waals surface area contributed by atoms with Crippen molar-refractivity contribution in [1.29, 1.82) is 5.26 Å². The smallest absolute Gasteiger partial charge is 0.212 e. The Kier molecular flexibility index (Phi) is 4.59. The number of nitrogens with zero attached hydrogens (tertiary/aromatic N) is 5. The van der Waals surface area contributed by atoms with E-state index >= 15 is 0 Å². The predicted molar refractivity (Wildman–Crippen MR) is 98.4 cm³/mol. The lowest BCUT2D eigenvalue weighted by atomic mass is 9.94.